The maximum absolute atomic E-state index is 14.2. The van der Waals surface area contributed by atoms with Gasteiger partial charge in [0.1, 0.15) is 10.7 Å². The Morgan fingerprint density at radius 2 is 1.72 bits per heavy atom. The number of sulfonamides is 1. The lowest BCUT2D eigenvalue weighted by Gasteiger charge is -2.16. The molecule has 154 valence electrons. The van der Waals surface area contributed by atoms with Crippen molar-refractivity contribution in [1.29, 1.82) is 0 Å². The van der Waals surface area contributed by atoms with Crippen LogP contribution in [0.1, 0.15) is 40.5 Å². The van der Waals surface area contributed by atoms with Crippen molar-refractivity contribution in [3.8, 4) is 0 Å². The standard InChI is InChI=1S/C20H22FN3O4S/c1-2-22-19(25)14-6-5-7-16(12-14)23-20(26)15-8-9-17(21)18(13-15)29(27,28)24-10-3-4-11-24/h5-9,12-13H,2-4,10-11H2,1H3,(H,22,25)(H,23,26). The quantitative estimate of drug-likeness (QED) is 0.752. The molecule has 2 N–H and O–H groups in total. The first-order valence-corrected chi connectivity index (χ1v) is 10.8. The number of carbonyl (C=O) groups is 2. The summed E-state index contributed by atoms with van der Waals surface area (Å²) in [4.78, 5) is 24.0. The molecule has 0 radical (unpaired) electrons. The number of halogens is 1. The zero-order valence-electron chi connectivity index (χ0n) is 15.9. The number of hydrogen-bond acceptors (Lipinski definition) is 4. The van der Waals surface area contributed by atoms with Gasteiger partial charge < -0.3 is 10.6 Å². The molecule has 1 fully saturated rings. The molecule has 1 saturated heterocycles. The third-order valence-corrected chi connectivity index (χ3v) is 6.51. The summed E-state index contributed by atoms with van der Waals surface area (Å²) in [6.45, 7) is 2.95. The van der Waals surface area contributed by atoms with Gasteiger partial charge in [0.15, 0.2) is 0 Å². The molecule has 3 rings (SSSR count). The first-order chi connectivity index (χ1) is 13.8. The molecular formula is C20H22FN3O4S. The number of benzene rings is 2. The minimum Gasteiger partial charge on any atom is -0.352 e. The zero-order valence-corrected chi connectivity index (χ0v) is 16.8. The van der Waals surface area contributed by atoms with Gasteiger partial charge >= 0.3 is 0 Å². The van der Waals surface area contributed by atoms with Crippen LogP contribution in [0.2, 0.25) is 0 Å². The number of hydrogen-bond donors (Lipinski definition) is 2. The number of anilines is 1. The zero-order chi connectivity index (χ0) is 21.0. The topological polar surface area (TPSA) is 95.6 Å². The molecule has 1 heterocycles. The molecule has 0 aromatic heterocycles. The normalized spacial score (nSPS) is 14.6. The molecule has 2 aromatic rings. The average Bonchev–Trinajstić information content (AvgIpc) is 3.24. The van der Waals surface area contributed by atoms with E-state index in [1.807, 2.05) is 0 Å². The van der Waals surface area contributed by atoms with Crippen molar-refractivity contribution in [2.45, 2.75) is 24.7 Å². The van der Waals surface area contributed by atoms with E-state index in [0.29, 0.717) is 30.9 Å². The van der Waals surface area contributed by atoms with Crippen LogP contribution < -0.4 is 10.6 Å². The summed E-state index contributed by atoms with van der Waals surface area (Å²) in [6, 6.07) is 9.59. The van der Waals surface area contributed by atoms with Gasteiger partial charge in [-0.05, 0) is 56.2 Å². The van der Waals surface area contributed by atoms with E-state index in [2.05, 4.69) is 10.6 Å². The Morgan fingerprint density at radius 1 is 1.03 bits per heavy atom. The summed E-state index contributed by atoms with van der Waals surface area (Å²) >= 11 is 0. The van der Waals surface area contributed by atoms with E-state index >= 15 is 0 Å². The van der Waals surface area contributed by atoms with E-state index in [4.69, 9.17) is 0 Å². The van der Waals surface area contributed by atoms with E-state index in [9.17, 15) is 22.4 Å². The molecular weight excluding hydrogens is 397 g/mol. The van der Waals surface area contributed by atoms with Crippen molar-refractivity contribution < 1.29 is 22.4 Å². The van der Waals surface area contributed by atoms with Crippen molar-refractivity contribution in [3.05, 3.63) is 59.4 Å². The predicted molar refractivity (Wildman–Crippen MR) is 107 cm³/mol. The van der Waals surface area contributed by atoms with Gasteiger partial charge in [0.2, 0.25) is 10.0 Å². The SMILES string of the molecule is CCNC(=O)c1cccc(NC(=O)c2ccc(F)c(S(=O)(=O)N3CCCC3)c2)c1. The Hall–Kier alpha value is -2.78. The van der Waals surface area contributed by atoms with Gasteiger partial charge in [0.25, 0.3) is 11.8 Å². The molecule has 2 amide bonds. The maximum Gasteiger partial charge on any atom is 0.255 e. The van der Waals surface area contributed by atoms with Crippen LogP contribution >= 0.6 is 0 Å². The van der Waals surface area contributed by atoms with Gasteiger partial charge in [0, 0.05) is 36.4 Å². The van der Waals surface area contributed by atoms with E-state index in [0.717, 1.165) is 25.0 Å². The lowest BCUT2D eigenvalue weighted by molar-refractivity contribution is 0.0954. The Labute approximate surface area is 169 Å². The monoisotopic (exact) mass is 419 g/mol. The summed E-state index contributed by atoms with van der Waals surface area (Å²) in [5.74, 6) is -1.77. The van der Waals surface area contributed by atoms with Gasteiger partial charge in [-0.2, -0.15) is 4.31 Å². The number of nitrogens with zero attached hydrogens (tertiary/aromatic N) is 1. The highest BCUT2D eigenvalue weighted by atomic mass is 32.2. The molecule has 9 heteroatoms. The molecule has 0 saturated carbocycles. The van der Waals surface area contributed by atoms with Gasteiger partial charge in [-0.25, -0.2) is 12.8 Å². The van der Waals surface area contributed by atoms with Crippen LogP contribution in [0.3, 0.4) is 0 Å². The number of rotatable bonds is 6. The fraction of sp³-hybridized carbons (Fsp3) is 0.300. The Bertz CT molecular complexity index is 1030. The molecule has 0 spiro atoms. The molecule has 29 heavy (non-hydrogen) atoms. The van der Waals surface area contributed by atoms with E-state index < -0.39 is 26.6 Å². The summed E-state index contributed by atoms with van der Waals surface area (Å²) in [5, 5.41) is 5.28. The Morgan fingerprint density at radius 3 is 2.41 bits per heavy atom. The molecule has 0 unspecified atom stereocenters. The van der Waals surface area contributed by atoms with Crippen molar-refractivity contribution in [2.24, 2.45) is 0 Å². The second-order valence-corrected chi connectivity index (χ2v) is 8.56. The molecule has 7 nitrogen and oxygen atoms in total. The minimum absolute atomic E-state index is 0.00702. The average molecular weight is 419 g/mol. The van der Waals surface area contributed by atoms with Gasteiger partial charge in [0.05, 0.1) is 0 Å². The summed E-state index contributed by atoms with van der Waals surface area (Å²) in [7, 11) is -4.00. The number of amides is 2. The Balaban J connectivity index is 1.84. The first kappa shape index (κ1) is 20.9. The van der Waals surface area contributed by atoms with Crippen LogP contribution in [0.25, 0.3) is 0 Å². The van der Waals surface area contributed by atoms with Gasteiger partial charge in [-0.15, -0.1) is 0 Å². The highest BCUT2D eigenvalue weighted by Gasteiger charge is 2.30. The fourth-order valence-corrected chi connectivity index (χ4v) is 4.72. The minimum atomic E-state index is -4.00. The summed E-state index contributed by atoms with van der Waals surface area (Å²) in [5.41, 5.74) is 0.751. The molecule has 1 aliphatic heterocycles. The van der Waals surface area contributed by atoms with Crippen LogP contribution in [-0.2, 0) is 10.0 Å². The van der Waals surface area contributed by atoms with Crippen molar-refractivity contribution >= 4 is 27.5 Å². The van der Waals surface area contributed by atoms with Gasteiger partial charge in [-0.3, -0.25) is 9.59 Å². The lowest BCUT2D eigenvalue weighted by atomic mass is 10.1. The van der Waals surface area contributed by atoms with E-state index in [1.54, 1.807) is 25.1 Å². The van der Waals surface area contributed by atoms with Gasteiger partial charge in [-0.1, -0.05) is 6.07 Å². The third-order valence-electron chi connectivity index (χ3n) is 4.60. The molecule has 0 bridgehead atoms. The van der Waals surface area contributed by atoms with Crippen LogP contribution in [0, 0.1) is 5.82 Å². The second-order valence-electron chi connectivity index (χ2n) is 6.65. The highest BCUT2D eigenvalue weighted by Crippen LogP contribution is 2.24. The largest absolute Gasteiger partial charge is 0.352 e. The van der Waals surface area contributed by atoms with Crippen molar-refractivity contribution in [2.75, 3.05) is 25.0 Å². The lowest BCUT2D eigenvalue weighted by Crippen LogP contribution is -2.29. The fourth-order valence-electron chi connectivity index (χ4n) is 3.11. The summed E-state index contributed by atoms with van der Waals surface area (Å²) < 4.78 is 40.8. The smallest absolute Gasteiger partial charge is 0.255 e. The molecule has 2 aromatic carbocycles. The maximum atomic E-state index is 14.2. The van der Waals surface area contributed by atoms with Crippen molar-refractivity contribution in [3.63, 3.8) is 0 Å². The van der Waals surface area contributed by atoms with E-state index in [1.165, 1.54) is 16.4 Å². The van der Waals surface area contributed by atoms with Crippen LogP contribution in [0.15, 0.2) is 47.4 Å². The molecule has 0 atom stereocenters. The summed E-state index contributed by atoms with van der Waals surface area (Å²) in [6.07, 6.45) is 1.45. The molecule has 0 aliphatic carbocycles. The molecule has 1 aliphatic rings. The predicted octanol–water partition coefficient (Wildman–Crippen LogP) is 2.61. The number of nitrogens with one attached hydrogen (secondary N) is 2. The van der Waals surface area contributed by atoms with Crippen LogP contribution in [-0.4, -0.2) is 44.2 Å². The first-order valence-electron chi connectivity index (χ1n) is 9.32. The highest BCUT2D eigenvalue weighted by molar-refractivity contribution is 7.89. The second kappa shape index (κ2) is 8.71. The van der Waals surface area contributed by atoms with Crippen molar-refractivity contribution in [1.82, 2.24) is 9.62 Å². The van der Waals surface area contributed by atoms with Crippen LogP contribution in [0.5, 0.6) is 0 Å². The number of carbonyl (C=O) groups excluding carboxylic acids is 2. The van der Waals surface area contributed by atoms with Crippen LogP contribution in [0.4, 0.5) is 10.1 Å². The third kappa shape index (κ3) is 4.63. The Kier molecular flexibility index (Phi) is 6.29. The van der Waals surface area contributed by atoms with E-state index in [-0.39, 0.29) is 11.5 Å².